The topological polar surface area (TPSA) is 77.2 Å². The second kappa shape index (κ2) is 7.12. The van der Waals surface area contributed by atoms with Crippen molar-refractivity contribution >= 4 is 17.7 Å². The molecule has 0 bridgehead atoms. The molecule has 0 aliphatic heterocycles. The maximum Gasteiger partial charge on any atom is 0.313 e. The van der Waals surface area contributed by atoms with Crippen molar-refractivity contribution in [3.63, 3.8) is 0 Å². The van der Waals surface area contributed by atoms with Gasteiger partial charge in [-0.25, -0.2) is 0 Å². The highest BCUT2D eigenvalue weighted by molar-refractivity contribution is 7.99. The molecule has 2 rings (SSSR count). The molecular formula is C14H17N3O3S. The molecule has 6 nitrogen and oxygen atoms in total. The fourth-order valence-electron chi connectivity index (χ4n) is 1.89. The molecule has 21 heavy (non-hydrogen) atoms. The van der Waals surface area contributed by atoms with Crippen LogP contribution in [0.25, 0.3) is 0 Å². The van der Waals surface area contributed by atoms with Crippen LogP contribution in [0, 0.1) is 6.92 Å². The molecule has 2 aromatic rings. The number of carbonyl (C=O) groups is 1. The lowest BCUT2D eigenvalue weighted by atomic mass is 10.1. The van der Waals surface area contributed by atoms with Gasteiger partial charge in [0.25, 0.3) is 0 Å². The summed E-state index contributed by atoms with van der Waals surface area (Å²) < 4.78 is 7.07. The van der Waals surface area contributed by atoms with Gasteiger partial charge in [0, 0.05) is 6.54 Å². The van der Waals surface area contributed by atoms with E-state index in [4.69, 9.17) is 9.84 Å². The molecule has 0 amide bonds. The van der Waals surface area contributed by atoms with Crippen LogP contribution >= 0.6 is 11.8 Å². The van der Waals surface area contributed by atoms with Crippen LogP contribution in [0.2, 0.25) is 0 Å². The van der Waals surface area contributed by atoms with E-state index in [1.54, 1.807) is 7.11 Å². The number of benzene rings is 1. The lowest BCUT2D eigenvalue weighted by Gasteiger charge is -2.08. The van der Waals surface area contributed by atoms with E-state index >= 15 is 0 Å². The van der Waals surface area contributed by atoms with Crippen molar-refractivity contribution < 1.29 is 14.6 Å². The number of aryl methyl sites for hydroxylation is 2. The number of hydrogen-bond acceptors (Lipinski definition) is 5. The van der Waals surface area contributed by atoms with Crippen molar-refractivity contribution in [3.8, 4) is 5.75 Å². The second-order valence-corrected chi connectivity index (χ2v) is 5.40. The van der Waals surface area contributed by atoms with Gasteiger partial charge in [-0.3, -0.25) is 4.79 Å². The molecule has 1 heterocycles. The predicted octanol–water partition coefficient (Wildman–Crippen LogP) is 2.01. The lowest BCUT2D eigenvalue weighted by Crippen LogP contribution is -2.07. The van der Waals surface area contributed by atoms with Gasteiger partial charge in [-0.15, -0.1) is 10.2 Å². The summed E-state index contributed by atoms with van der Waals surface area (Å²) in [5.74, 6) is 0.747. The summed E-state index contributed by atoms with van der Waals surface area (Å²) in [6.45, 7) is 2.58. The van der Waals surface area contributed by atoms with Crippen molar-refractivity contribution in [2.45, 2.75) is 25.0 Å². The Kier molecular flexibility index (Phi) is 5.21. The largest absolute Gasteiger partial charge is 0.497 e. The summed E-state index contributed by atoms with van der Waals surface area (Å²) in [6.07, 6.45) is 0.823. The standard InChI is InChI=1S/C14H17N3O3S/c1-10-15-16-14(21-9-13(18)19)17(10)8-7-11-3-5-12(20-2)6-4-11/h3-6H,7-9H2,1-2H3,(H,18,19). The molecule has 7 heteroatoms. The summed E-state index contributed by atoms with van der Waals surface area (Å²) in [7, 11) is 1.64. The van der Waals surface area contributed by atoms with Gasteiger partial charge in [0.1, 0.15) is 11.6 Å². The predicted molar refractivity (Wildman–Crippen MR) is 79.8 cm³/mol. The fraction of sp³-hybridized carbons (Fsp3) is 0.357. The SMILES string of the molecule is COc1ccc(CCn2c(C)nnc2SCC(=O)O)cc1. The number of rotatable bonds is 7. The zero-order valence-electron chi connectivity index (χ0n) is 11.9. The Labute approximate surface area is 127 Å². The van der Waals surface area contributed by atoms with Crippen LogP contribution in [0.15, 0.2) is 29.4 Å². The number of carboxylic acids is 1. The average molecular weight is 307 g/mol. The highest BCUT2D eigenvalue weighted by Crippen LogP contribution is 2.18. The Morgan fingerprint density at radius 1 is 1.33 bits per heavy atom. The van der Waals surface area contributed by atoms with Crippen LogP contribution in [-0.4, -0.2) is 38.7 Å². The van der Waals surface area contributed by atoms with Crippen LogP contribution in [0.5, 0.6) is 5.75 Å². The molecule has 0 saturated heterocycles. The smallest absolute Gasteiger partial charge is 0.313 e. The molecule has 0 radical (unpaired) electrons. The van der Waals surface area contributed by atoms with E-state index in [9.17, 15) is 4.79 Å². The molecular weight excluding hydrogens is 290 g/mol. The Hall–Kier alpha value is -2.02. The van der Waals surface area contributed by atoms with E-state index in [0.29, 0.717) is 11.7 Å². The van der Waals surface area contributed by atoms with Crippen LogP contribution in [-0.2, 0) is 17.8 Å². The number of ether oxygens (including phenoxy) is 1. The van der Waals surface area contributed by atoms with Gasteiger partial charge in [0.05, 0.1) is 12.9 Å². The highest BCUT2D eigenvalue weighted by Gasteiger charge is 2.11. The fourth-order valence-corrected chi connectivity index (χ4v) is 2.62. The van der Waals surface area contributed by atoms with E-state index < -0.39 is 5.97 Å². The molecule has 0 atom stereocenters. The van der Waals surface area contributed by atoms with Gasteiger partial charge in [-0.2, -0.15) is 0 Å². The maximum absolute atomic E-state index is 10.6. The quantitative estimate of drug-likeness (QED) is 0.789. The molecule has 1 aromatic heterocycles. The van der Waals surface area contributed by atoms with Gasteiger partial charge in [0.2, 0.25) is 0 Å². The number of carboxylic acid groups (broad SMARTS) is 1. The second-order valence-electron chi connectivity index (χ2n) is 4.46. The third-order valence-corrected chi connectivity index (χ3v) is 3.96. The Bertz CT molecular complexity index is 610. The number of nitrogens with zero attached hydrogens (tertiary/aromatic N) is 3. The van der Waals surface area contributed by atoms with Crippen LogP contribution in [0.4, 0.5) is 0 Å². The number of thioether (sulfide) groups is 1. The van der Waals surface area contributed by atoms with Gasteiger partial charge in [-0.1, -0.05) is 23.9 Å². The van der Waals surface area contributed by atoms with Crippen LogP contribution < -0.4 is 4.74 Å². The summed E-state index contributed by atoms with van der Waals surface area (Å²) >= 11 is 1.19. The first-order valence-electron chi connectivity index (χ1n) is 6.47. The zero-order chi connectivity index (χ0) is 15.2. The Morgan fingerprint density at radius 3 is 2.67 bits per heavy atom. The summed E-state index contributed by atoms with van der Waals surface area (Å²) in [6, 6.07) is 7.88. The first kappa shape index (κ1) is 15.4. The molecule has 0 aliphatic carbocycles. The molecule has 0 fully saturated rings. The minimum absolute atomic E-state index is 0.0132. The van der Waals surface area contributed by atoms with Crippen LogP contribution in [0.1, 0.15) is 11.4 Å². The zero-order valence-corrected chi connectivity index (χ0v) is 12.8. The molecule has 1 aromatic carbocycles. The van der Waals surface area contributed by atoms with Crippen molar-refractivity contribution in [1.29, 1.82) is 0 Å². The van der Waals surface area contributed by atoms with E-state index in [1.165, 1.54) is 17.3 Å². The number of hydrogen-bond donors (Lipinski definition) is 1. The van der Waals surface area contributed by atoms with Crippen molar-refractivity contribution in [1.82, 2.24) is 14.8 Å². The lowest BCUT2D eigenvalue weighted by molar-refractivity contribution is -0.133. The molecule has 1 N–H and O–H groups in total. The molecule has 0 unspecified atom stereocenters. The van der Waals surface area contributed by atoms with Gasteiger partial charge >= 0.3 is 5.97 Å². The first-order chi connectivity index (χ1) is 10.1. The minimum atomic E-state index is -0.859. The van der Waals surface area contributed by atoms with E-state index in [-0.39, 0.29) is 5.75 Å². The van der Waals surface area contributed by atoms with E-state index in [2.05, 4.69) is 10.2 Å². The van der Waals surface area contributed by atoms with Crippen molar-refractivity contribution in [3.05, 3.63) is 35.7 Å². The van der Waals surface area contributed by atoms with E-state index in [0.717, 1.165) is 18.0 Å². The van der Waals surface area contributed by atoms with Gasteiger partial charge in [0.15, 0.2) is 5.16 Å². The Morgan fingerprint density at radius 2 is 2.05 bits per heavy atom. The van der Waals surface area contributed by atoms with Crippen molar-refractivity contribution in [2.24, 2.45) is 0 Å². The highest BCUT2D eigenvalue weighted by atomic mass is 32.2. The van der Waals surface area contributed by atoms with Gasteiger partial charge in [-0.05, 0) is 31.0 Å². The summed E-state index contributed by atoms with van der Waals surface area (Å²) in [4.78, 5) is 10.6. The van der Waals surface area contributed by atoms with Gasteiger partial charge < -0.3 is 14.4 Å². The Balaban J connectivity index is 2.01. The van der Waals surface area contributed by atoms with E-state index in [1.807, 2.05) is 35.8 Å². The third-order valence-electron chi connectivity index (χ3n) is 3.01. The molecule has 0 spiro atoms. The third kappa shape index (κ3) is 4.22. The number of aliphatic carboxylic acids is 1. The summed E-state index contributed by atoms with van der Waals surface area (Å²) in [5, 5.41) is 17.4. The number of aromatic nitrogens is 3. The molecule has 0 aliphatic rings. The number of methoxy groups -OCH3 is 1. The normalized spacial score (nSPS) is 10.6. The average Bonchev–Trinajstić information content (AvgIpc) is 2.84. The van der Waals surface area contributed by atoms with Crippen LogP contribution in [0.3, 0.4) is 0 Å². The molecule has 112 valence electrons. The maximum atomic E-state index is 10.6. The first-order valence-corrected chi connectivity index (χ1v) is 7.46. The minimum Gasteiger partial charge on any atom is -0.497 e. The molecule has 0 saturated carbocycles. The van der Waals surface area contributed by atoms with Crippen molar-refractivity contribution in [2.75, 3.05) is 12.9 Å². The monoisotopic (exact) mass is 307 g/mol. The summed E-state index contributed by atoms with van der Waals surface area (Å²) in [5.41, 5.74) is 1.18.